The van der Waals surface area contributed by atoms with Crippen LogP contribution in [0.15, 0.2) is 0 Å². The molecule has 29 N–H and O–H groups in total. The van der Waals surface area contributed by atoms with Gasteiger partial charge >= 0.3 is 0 Å². The van der Waals surface area contributed by atoms with Gasteiger partial charge in [-0.3, -0.25) is 0 Å². The summed E-state index contributed by atoms with van der Waals surface area (Å²) in [5.41, 5.74) is 0. The summed E-state index contributed by atoms with van der Waals surface area (Å²) in [4.78, 5) is 0. The quantitative estimate of drug-likeness (QED) is 0.0404. The predicted molar refractivity (Wildman–Crippen MR) is 297 cm³/mol. The van der Waals surface area contributed by atoms with Gasteiger partial charge in [-0.25, -0.2) is 0 Å². The molecule has 100 heavy (non-hydrogen) atoms. The Morgan fingerprint density at radius 2 is 0.280 bits per heavy atom. The smallest absolute Gasteiger partial charge is 0.186 e. The van der Waals surface area contributed by atoms with Crippen molar-refractivity contribution < 1.29 is 229 Å². The van der Waals surface area contributed by atoms with Crippen molar-refractivity contribution in [3.8, 4) is 0 Å². The van der Waals surface area contributed by atoms with E-state index >= 15 is 0 Å². The maximum Gasteiger partial charge on any atom is 0.186 e. The second kappa shape index (κ2) is 35.5. The van der Waals surface area contributed by atoms with E-state index in [2.05, 4.69) is 0 Å². The lowest BCUT2D eigenvalue weighted by Crippen LogP contribution is -2.63. The van der Waals surface area contributed by atoms with Crippen LogP contribution < -0.4 is 0 Å². The van der Waals surface area contributed by atoms with Crippen LogP contribution in [0.5, 0.6) is 0 Å². The van der Waals surface area contributed by atoms with Crippen LogP contribution in [-0.2, 0) is 80.5 Å². The van der Waals surface area contributed by atoms with E-state index in [1.807, 2.05) is 0 Å². The van der Waals surface area contributed by atoms with Crippen molar-refractivity contribution >= 4 is 0 Å². The van der Waals surface area contributed by atoms with E-state index in [9.17, 15) is 148 Å². The summed E-state index contributed by atoms with van der Waals surface area (Å²) in [6, 6.07) is 0. The van der Waals surface area contributed by atoms with Gasteiger partial charge < -0.3 is 229 Å². The molecule has 46 heteroatoms. The number of aliphatic hydroxyl groups excluding tert-OH is 29. The molecule has 45 atom stereocenters. The normalized spacial score (nSPS) is 53.7. The van der Waals surface area contributed by atoms with Crippen molar-refractivity contribution in [1.29, 1.82) is 0 Å². The Labute approximate surface area is 563 Å². The summed E-state index contributed by atoms with van der Waals surface area (Å²) in [6.45, 7) is -7.47. The highest BCUT2D eigenvalue weighted by Crippen LogP contribution is 2.34. The number of aliphatic hydroxyl groups is 29. The molecule has 0 aromatic carbocycles. The molecule has 9 aliphatic heterocycles. The molecule has 0 unspecified atom stereocenters. The topological polar surface area (TPSA) is 744 Å². The first-order chi connectivity index (χ1) is 47.2. The van der Waals surface area contributed by atoms with Crippen LogP contribution in [0.4, 0.5) is 0 Å². The van der Waals surface area contributed by atoms with Gasteiger partial charge in [0, 0.05) is 0 Å². The van der Waals surface area contributed by atoms with E-state index in [0.717, 1.165) is 0 Å². The highest BCUT2D eigenvalue weighted by atomic mass is 16.8. The molecule has 9 saturated heterocycles. The fourth-order valence-electron chi connectivity index (χ4n) is 12.1. The minimum atomic E-state index is -2.12. The maximum atomic E-state index is 10.9. The fourth-order valence-corrected chi connectivity index (χ4v) is 12.1. The molecule has 9 fully saturated rings. The number of rotatable bonds is 25. The second-order valence-electron chi connectivity index (χ2n) is 25.5. The molecule has 0 amide bonds. The molecule has 0 spiro atoms. The molecule has 0 saturated carbocycles. The van der Waals surface area contributed by atoms with Gasteiger partial charge in [-0.15, -0.1) is 0 Å². The highest BCUT2D eigenvalue weighted by Gasteiger charge is 2.55. The van der Waals surface area contributed by atoms with Gasteiger partial charge in [-0.05, 0) is 0 Å². The van der Waals surface area contributed by atoms with Crippen molar-refractivity contribution in [1.82, 2.24) is 0 Å². The lowest BCUT2D eigenvalue weighted by Gasteiger charge is -2.45. The highest BCUT2D eigenvalue weighted by molar-refractivity contribution is 4.99. The molecule has 9 aliphatic rings. The summed E-state index contributed by atoms with van der Waals surface area (Å²) in [5.74, 6) is 0. The van der Waals surface area contributed by atoms with Gasteiger partial charge in [0.05, 0.1) is 59.5 Å². The van der Waals surface area contributed by atoms with E-state index < -0.39 is 336 Å². The summed E-state index contributed by atoms with van der Waals surface area (Å²) in [5, 5.41) is 306. The molecule has 0 aromatic rings. The molecule has 0 aromatic heterocycles. The Hall–Kier alpha value is -1.84. The Bertz CT molecular complexity index is 2460. The zero-order valence-corrected chi connectivity index (χ0v) is 52.3. The van der Waals surface area contributed by atoms with Crippen LogP contribution in [-0.4, -0.2) is 484 Å². The molecule has 9 heterocycles. The average Bonchev–Trinajstić information content (AvgIpc) is 0.804. The van der Waals surface area contributed by atoms with Crippen LogP contribution >= 0.6 is 0 Å². The number of ether oxygens (including phenoxy) is 17. The van der Waals surface area contributed by atoms with Gasteiger partial charge in [-0.1, -0.05) is 0 Å². The second-order valence-corrected chi connectivity index (χ2v) is 25.5. The molecular formula is C54H92O46. The lowest BCUT2D eigenvalue weighted by atomic mass is 9.97. The maximum absolute atomic E-state index is 10.9. The Morgan fingerprint density at radius 1 is 0.150 bits per heavy atom. The molecule has 0 aliphatic carbocycles. The van der Waals surface area contributed by atoms with Crippen LogP contribution in [0, 0.1) is 0 Å². The summed E-state index contributed by atoms with van der Waals surface area (Å²) in [6.07, 6.45) is -85.5. The minimum Gasteiger partial charge on any atom is -0.394 e. The van der Waals surface area contributed by atoms with Crippen LogP contribution in [0.2, 0.25) is 0 Å². The molecule has 0 radical (unpaired) electrons. The van der Waals surface area contributed by atoms with Gasteiger partial charge in [0.15, 0.2) is 56.6 Å². The van der Waals surface area contributed by atoms with Crippen molar-refractivity contribution in [2.24, 2.45) is 0 Å². The van der Waals surface area contributed by atoms with Gasteiger partial charge in [0.1, 0.15) is 220 Å². The Morgan fingerprint density at radius 3 is 0.440 bits per heavy atom. The zero-order chi connectivity index (χ0) is 73.4. The van der Waals surface area contributed by atoms with Crippen molar-refractivity contribution in [3.63, 3.8) is 0 Å². The molecule has 9 rings (SSSR count). The average molecular weight is 1480 g/mol. The van der Waals surface area contributed by atoms with Gasteiger partial charge in [0.25, 0.3) is 0 Å². The summed E-state index contributed by atoms with van der Waals surface area (Å²) >= 11 is 0. The third-order valence-electron chi connectivity index (χ3n) is 18.6. The standard InChI is InChI=1S/C54H92O46/c55-1-10-19(56)29(66)38(75)47(93-10)85-3-12-21(58)31(68)40(77)49(95-12)87-5-14-23(60)33(70)42(79)51(97-14)89-7-16-25(62)35(72)44(81)53(99-16)91-9-18-27(64)36(73)45(82)54(100-18)90-8-17-26(63)34(71)43(80)52(98-17)88-6-15-24(61)32(69)41(78)50(96-15)86-4-13-22(59)30(67)39(76)48(94-13)84-2-11-20(57)28(65)37(74)46(83)92-11/h10-83H,1-9H2/t10-,11+,12-,13+,14-,15+,16-,17+,18+,19-,20-,21-,22-,23-,24-,25-,26-,27+,28+,29-,30+,31-,32+,33-,34+,35-,36+,37+,38+,39+,40+,41+,42+,43+,44+,45+,46-,47+,48-,49+,50-,51+,52-,53+,54+/m0/s1. The molecule has 46 nitrogen and oxygen atoms in total. The van der Waals surface area contributed by atoms with Crippen molar-refractivity contribution in [2.75, 3.05) is 59.5 Å². The minimum absolute atomic E-state index is 0.730. The largest absolute Gasteiger partial charge is 0.394 e. The third-order valence-corrected chi connectivity index (χ3v) is 18.6. The first-order valence-corrected chi connectivity index (χ1v) is 31.7. The van der Waals surface area contributed by atoms with Crippen LogP contribution in [0.1, 0.15) is 0 Å². The van der Waals surface area contributed by atoms with Gasteiger partial charge in [-0.2, -0.15) is 0 Å². The van der Waals surface area contributed by atoms with E-state index in [0.29, 0.717) is 0 Å². The Kier molecular flexibility index (Phi) is 29.2. The zero-order valence-electron chi connectivity index (χ0n) is 52.3. The molecule has 0 bridgehead atoms. The first kappa shape index (κ1) is 82.2. The SMILES string of the molecule is OC[C@@H]1O[C@@H](OC[C@@H]2O[C@@H](OC[C@@H]3O[C@@H](OC[C@@H]4O[C@@H](OC[C@H]5O[C@@H](OC[C@H]6O[C@H](OC[C@H]7O[C@H](OC[C@H]8O[C@H](OC[C@H]9O[C@H](O)[C@H](O)[C@H](O)[C@H]9O)[C@H](O)[C@H](O)[C@H]8O)[C@H](O)[C@H](O)[C@H]7O)[C@H](O)[C@H](O)[C@H]6O)[C@H](O)[C@H](O)[C@@H]5O)[C@H](O)[C@@H](O)[C@H]4O)[C@H](O)[C@@H](O)[C@H]3O)[C@H](O)[C@@H](O)[C@H]2O)[C@H](O)[C@@H](O)[C@H]1O. The molecule has 584 valence electrons. The first-order valence-electron chi connectivity index (χ1n) is 31.7. The van der Waals surface area contributed by atoms with Crippen LogP contribution in [0.3, 0.4) is 0 Å². The van der Waals surface area contributed by atoms with Crippen LogP contribution in [0.25, 0.3) is 0 Å². The number of hydrogen-bond donors (Lipinski definition) is 29. The third kappa shape index (κ3) is 18.0. The van der Waals surface area contributed by atoms with Crippen molar-refractivity contribution in [2.45, 2.75) is 276 Å². The van der Waals surface area contributed by atoms with E-state index in [4.69, 9.17) is 80.5 Å². The summed E-state index contributed by atoms with van der Waals surface area (Å²) < 4.78 is 93.7. The monoisotopic (exact) mass is 1480 g/mol. The fraction of sp³-hybridized carbons (Fsp3) is 1.00. The summed E-state index contributed by atoms with van der Waals surface area (Å²) in [7, 11) is 0. The number of hydrogen-bond acceptors (Lipinski definition) is 46. The molecular weight excluding hydrogens is 1380 g/mol. The van der Waals surface area contributed by atoms with E-state index in [-0.39, 0.29) is 0 Å². The van der Waals surface area contributed by atoms with E-state index in [1.54, 1.807) is 0 Å². The van der Waals surface area contributed by atoms with E-state index in [1.165, 1.54) is 0 Å². The van der Waals surface area contributed by atoms with Gasteiger partial charge in [0.2, 0.25) is 0 Å². The van der Waals surface area contributed by atoms with Crippen molar-refractivity contribution in [3.05, 3.63) is 0 Å². The Balaban J connectivity index is 0.739. The predicted octanol–water partition coefficient (Wildman–Crippen LogP) is -20.6. The lowest BCUT2D eigenvalue weighted by molar-refractivity contribution is -0.355.